The number of hydrogen-bond acceptors (Lipinski definition) is 6. The molecule has 7 nitrogen and oxygen atoms in total. The predicted octanol–water partition coefficient (Wildman–Crippen LogP) is 2.98. The molecule has 2 aliphatic heterocycles. The number of amides is 1. The first kappa shape index (κ1) is 22.9. The van der Waals surface area contributed by atoms with Crippen molar-refractivity contribution in [3.8, 4) is 5.75 Å². The van der Waals surface area contributed by atoms with Crippen LogP contribution in [-0.2, 0) is 14.3 Å². The summed E-state index contributed by atoms with van der Waals surface area (Å²) in [6, 6.07) is 11.5. The van der Waals surface area contributed by atoms with Crippen LogP contribution in [0.25, 0.3) is 5.76 Å². The van der Waals surface area contributed by atoms with Gasteiger partial charge in [-0.15, -0.1) is 0 Å². The average molecular weight is 454 g/mol. The van der Waals surface area contributed by atoms with Crippen molar-refractivity contribution in [2.24, 2.45) is 0 Å². The Morgan fingerprint density at radius 2 is 1.79 bits per heavy atom. The van der Waals surface area contributed by atoms with E-state index in [1.165, 1.54) is 36.3 Å². The number of likely N-dealkylation sites (tertiary alicyclic amines) is 1. The minimum absolute atomic E-state index is 0.0255. The molecule has 2 aliphatic rings. The van der Waals surface area contributed by atoms with Crippen molar-refractivity contribution in [1.29, 1.82) is 0 Å². The highest BCUT2D eigenvalue weighted by Gasteiger charge is 2.46. The fraction of sp³-hybridized carbons (Fsp3) is 0.360. The molecule has 0 radical (unpaired) electrons. The van der Waals surface area contributed by atoms with E-state index in [9.17, 15) is 19.1 Å². The fourth-order valence-electron chi connectivity index (χ4n) is 4.38. The minimum atomic E-state index is -0.809. The molecule has 2 heterocycles. The Kier molecular flexibility index (Phi) is 7.05. The largest absolute Gasteiger partial charge is 0.507 e. The summed E-state index contributed by atoms with van der Waals surface area (Å²) in [4.78, 5) is 29.9. The number of para-hydroxylation sites is 1. The summed E-state index contributed by atoms with van der Waals surface area (Å²) in [5, 5.41) is 11.0. The summed E-state index contributed by atoms with van der Waals surface area (Å²) in [7, 11) is 1.52. The number of morpholine rings is 1. The van der Waals surface area contributed by atoms with Gasteiger partial charge in [0, 0.05) is 37.3 Å². The van der Waals surface area contributed by atoms with Crippen LogP contribution in [0.2, 0.25) is 0 Å². The second-order valence-corrected chi connectivity index (χ2v) is 8.05. The molecule has 33 heavy (non-hydrogen) atoms. The number of benzene rings is 2. The number of nitrogens with zero attached hydrogens (tertiary/aromatic N) is 2. The van der Waals surface area contributed by atoms with E-state index in [4.69, 9.17) is 9.47 Å². The third kappa shape index (κ3) is 4.77. The van der Waals surface area contributed by atoms with Crippen LogP contribution in [0.4, 0.5) is 4.39 Å². The molecule has 2 aromatic carbocycles. The standard InChI is InChI=1S/C25H27FN2O5/c1-32-20-6-3-2-5-19(20)22-21(23(29)17-7-9-18(26)10-8-17)24(30)25(31)28(22)12-4-11-27-13-15-33-16-14-27/h2-3,5-10,22,29H,4,11-16H2,1H3. The van der Waals surface area contributed by atoms with Gasteiger partial charge in [0.15, 0.2) is 0 Å². The van der Waals surface area contributed by atoms with Crippen LogP contribution in [-0.4, -0.2) is 73.1 Å². The molecule has 2 saturated heterocycles. The van der Waals surface area contributed by atoms with Crippen LogP contribution in [0.3, 0.4) is 0 Å². The zero-order chi connectivity index (χ0) is 23.4. The maximum Gasteiger partial charge on any atom is 0.295 e. The number of methoxy groups -OCH3 is 1. The van der Waals surface area contributed by atoms with E-state index in [2.05, 4.69) is 4.90 Å². The maximum absolute atomic E-state index is 13.4. The van der Waals surface area contributed by atoms with E-state index in [0.717, 1.165) is 19.6 Å². The molecule has 1 unspecified atom stereocenters. The van der Waals surface area contributed by atoms with E-state index in [0.29, 0.717) is 37.5 Å². The van der Waals surface area contributed by atoms with Crippen molar-refractivity contribution in [2.45, 2.75) is 12.5 Å². The van der Waals surface area contributed by atoms with Crippen LogP contribution >= 0.6 is 0 Å². The van der Waals surface area contributed by atoms with Crippen LogP contribution in [0.1, 0.15) is 23.6 Å². The van der Waals surface area contributed by atoms with E-state index < -0.39 is 23.5 Å². The van der Waals surface area contributed by atoms with E-state index >= 15 is 0 Å². The maximum atomic E-state index is 13.4. The molecule has 1 N–H and O–H groups in total. The SMILES string of the molecule is COc1ccccc1C1C(=C(O)c2ccc(F)cc2)C(=O)C(=O)N1CCCN1CCOCC1. The molecule has 0 spiro atoms. The van der Waals surface area contributed by atoms with E-state index in [-0.39, 0.29) is 16.9 Å². The van der Waals surface area contributed by atoms with E-state index in [1.807, 2.05) is 0 Å². The van der Waals surface area contributed by atoms with Crippen molar-refractivity contribution >= 4 is 17.4 Å². The van der Waals surface area contributed by atoms with Gasteiger partial charge in [-0.2, -0.15) is 0 Å². The highest BCUT2D eigenvalue weighted by Crippen LogP contribution is 2.42. The number of carbonyl (C=O) groups excluding carboxylic acids is 2. The first-order valence-electron chi connectivity index (χ1n) is 11.0. The lowest BCUT2D eigenvalue weighted by Crippen LogP contribution is -2.39. The number of carbonyl (C=O) groups is 2. The van der Waals surface area contributed by atoms with Crippen molar-refractivity contribution in [2.75, 3.05) is 46.5 Å². The molecule has 8 heteroatoms. The molecular formula is C25H27FN2O5. The summed E-state index contributed by atoms with van der Waals surface area (Å²) < 4.78 is 24.3. The lowest BCUT2D eigenvalue weighted by atomic mass is 9.94. The Bertz CT molecular complexity index is 1050. The number of hydrogen-bond donors (Lipinski definition) is 1. The second-order valence-electron chi connectivity index (χ2n) is 8.05. The van der Waals surface area contributed by atoms with Gasteiger partial charge in [0.2, 0.25) is 0 Å². The molecule has 4 rings (SSSR count). The Balaban J connectivity index is 1.70. The number of aliphatic hydroxyl groups excluding tert-OH is 1. The van der Waals surface area contributed by atoms with Crippen molar-refractivity contribution in [3.63, 3.8) is 0 Å². The van der Waals surface area contributed by atoms with Gasteiger partial charge in [0.05, 0.1) is 31.9 Å². The topological polar surface area (TPSA) is 79.3 Å². The Morgan fingerprint density at radius 3 is 2.48 bits per heavy atom. The first-order chi connectivity index (χ1) is 16.0. The second kappa shape index (κ2) is 10.1. The quantitative estimate of drug-likeness (QED) is 0.394. The van der Waals surface area contributed by atoms with Gasteiger partial charge in [-0.05, 0) is 36.8 Å². The molecule has 0 aliphatic carbocycles. The molecule has 0 saturated carbocycles. The number of rotatable bonds is 7. The molecule has 2 aromatic rings. The zero-order valence-electron chi connectivity index (χ0n) is 18.5. The highest BCUT2D eigenvalue weighted by atomic mass is 19.1. The first-order valence-corrected chi connectivity index (χ1v) is 11.0. The number of ether oxygens (including phenoxy) is 2. The highest BCUT2D eigenvalue weighted by molar-refractivity contribution is 6.46. The van der Waals surface area contributed by atoms with Gasteiger partial charge in [-0.25, -0.2) is 4.39 Å². The lowest BCUT2D eigenvalue weighted by Gasteiger charge is -2.29. The number of aliphatic hydroxyl groups is 1. The Labute approximate surface area is 192 Å². The molecule has 174 valence electrons. The summed E-state index contributed by atoms with van der Waals surface area (Å²) >= 11 is 0. The van der Waals surface area contributed by atoms with E-state index in [1.54, 1.807) is 24.3 Å². The molecule has 0 bridgehead atoms. The monoisotopic (exact) mass is 454 g/mol. The van der Waals surface area contributed by atoms with Gasteiger partial charge >= 0.3 is 0 Å². The zero-order valence-corrected chi connectivity index (χ0v) is 18.5. The van der Waals surface area contributed by atoms with Crippen LogP contribution in [0, 0.1) is 5.82 Å². The number of ketones is 1. The third-order valence-electron chi connectivity index (χ3n) is 6.07. The smallest absolute Gasteiger partial charge is 0.295 e. The summed E-state index contributed by atoms with van der Waals surface area (Å²) in [6.45, 7) is 4.14. The molecule has 2 fully saturated rings. The summed E-state index contributed by atoms with van der Waals surface area (Å²) in [6.07, 6.45) is 0.662. The van der Waals surface area contributed by atoms with Crippen LogP contribution in [0.5, 0.6) is 5.75 Å². The number of Topliss-reactive ketones (excluding diaryl/α,β-unsaturated/α-hetero) is 1. The van der Waals surface area contributed by atoms with Gasteiger partial charge in [-0.3, -0.25) is 14.5 Å². The van der Waals surface area contributed by atoms with Crippen LogP contribution < -0.4 is 4.74 Å². The Morgan fingerprint density at radius 1 is 1.09 bits per heavy atom. The van der Waals surface area contributed by atoms with Crippen molar-refractivity contribution in [1.82, 2.24) is 9.80 Å². The fourth-order valence-corrected chi connectivity index (χ4v) is 4.38. The van der Waals surface area contributed by atoms with Crippen molar-refractivity contribution < 1.29 is 28.6 Å². The minimum Gasteiger partial charge on any atom is -0.507 e. The van der Waals surface area contributed by atoms with Gasteiger partial charge in [0.1, 0.15) is 17.3 Å². The molecule has 1 amide bonds. The van der Waals surface area contributed by atoms with Gasteiger partial charge in [-0.1, -0.05) is 18.2 Å². The summed E-state index contributed by atoms with van der Waals surface area (Å²) in [5.41, 5.74) is 0.847. The summed E-state index contributed by atoms with van der Waals surface area (Å²) in [5.74, 6) is -1.72. The number of halogens is 1. The predicted molar refractivity (Wildman–Crippen MR) is 120 cm³/mol. The van der Waals surface area contributed by atoms with Gasteiger partial charge < -0.3 is 19.5 Å². The van der Waals surface area contributed by atoms with Gasteiger partial charge in [0.25, 0.3) is 11.7 Å². The lowest BCUT2D eigenvalue weighted by molar-refractivity contribution is -0.140. The molecular weight excluding hydrogens is 427 g/mol. The third-order valence-corrected chi connectivity index (χ3v) is 6.07. The average Bonchev–Trinajstić information content (AvgIpc) is 3.09. The molecule has 1 atom stereocenters. The molecule has 0 aromatic heterocycles. The van der Waals surface area contributed by atoms with Crippen molar-refractivity contribution in [3.05, 3.63) is 71.0 Å². The van der Waals surface area contributed by atoms with Crippen LogP contribution in [0.15, 0.2) is 54.1 Å². The Hall–Kier alpha value is -3.23. The normalized spacial score (nSPS) is 20.9.